The van der Waals surface area contributed by atoms with Crippen molar-refractivity contribution in [2.45, 2.75) is 26.4 Å². The summed E-state index contributed by atoms with van der Waals surface area (Å²) in [4.78, 5) is 24.3. The Bertz CT molecular complexity index is 740. The van der Waals surface area contributed by atoms with Crippen molar-refractivity contribution in [3.8, 4) is 0 Å². The largest absolute Gasteiger partial charge is 0.457 e. The molecule has 1 aliphatic rings. The second-order valence-electron chi connectivity index (χ2n) is 5.92. The van der Waals surface area contributed by atoms with E-state index in [4.69, 9.17) is 4.74 Å². The van der Waals surface area contributed by atoms with Crippen molar-refractivity contribution in [2.24, 2.45) is 5.92 Å². The molecule has 0 aliphatic carbocycles. The van der Waals surface area contributed by atoms with Gasteiger partial charge in [0, 0.05) is 5.69 Å². The number of rotatable bonds is 3. The molecule has 3 rings (SSSR count). The van der Waals surface area contributed by atoms with Crippen molar-refractivity contribution in [1.82, 2.24) is 0 Å². The van der Waals surface area contributed by atoms with Crippen LogP contribution in [0.25, 0.3) is 0 Å². The Morgan fingerprint density at radius 1 is 1.09 bits per heavy atom. The van der Waals surface area contributed by atoms with E-state index in [2.05, 4.69) is 5.32 Å². The minimum atomic E-state index is -0.518. The van der Waals surface area contributed by atoms with Gasteiger partial charge in [0.2, 0.25) is 5.91 Å². The Hall–Kier alpha value is -2.62. The maximum atomic E-state index is 12.6. The van der Waals surface area contributed by atoms with Crippen molar-refractivity contribution in [3.05, 3.63) is 65.2 Å². The van der Waals surface area contributed by atoms with E-state index < -0.39 is 12.0 Å². The standard InChI is InChI=1S/C19H19NO3/c1-12-8-9-15(10-13(12)2)20-19(22)16-11-17(21)23-18(16)14-6-4-3-5-7-14/h3-10,16,18H,11H2,1-2H3,(H,20,22)/t16-,18-/m1/s1. The number of hydrogen-bond acceptors (Lipinski definition) is 3. The Morgan fingerprint density at radius 2 is 1.83 bits per heavy atom. The Balaban J connectivity index is 1.79. The van der Waals surface area contributed by atoms with Gasteiger partial charge in [-0.15, -0.1) is 0 Å². The van der Waals surface area contributed by atoms with Gasteiger partial charge in [-0.25, -0.2) is 0 Å². The van der Waals surface area contributed by atoms with Gasteiger partial charge in [-0.2, -0.15) is 0 Å². The van der Waals surface area contributed by atoms with E-state index in [1.165, 1.54) is 5.56 Å². The fourth-order valence-corrected chi connectivity index (χ4v) is 2.79. The highest BCUT2D eigenvalue weighted by molar-refractivity contribution is 5.96. The summed E-state index contributed by atoms with van der Waals surface area (Å²) in [5.41, 5.74) is 3.87. The summed E-state index contributed by atoms with van der Waals surface area (Å²) in [5.74, 6) is -1.03. The first-order chi connectivity index (χ1) is 11.0. The van der Waals surface area contributed by atoms with E-state index in [1.54, 1.807) is 0 Å². The lowest BCUT2D eigenvalue weighted by molar-refractivity contribution is -0.141. The number of hydrogen-bond donors (Lipinski definition) is 1. The summed E-state index contributed by atoms with van der Waals surface area (Å²) in [5, 5.41) is 2.90. The number of aryl methyl sites for hydroxylation is 2. The molecular formula is C19H19NO3. The van der Waals surface area contributed by atoms with E-state index in [9.17, 15) is 9.59 Å². The van der Waals surface area contributed by atoms with Gasteiger partial charge in [0.1, 0.15) is 6.10 Å². The highest BCUT2D eigenvalue weighted by Gasteiger charge is 2.40. The van der Waals surface area contributed by atoms with Crippen molar-refractivity contribution in [2.75, 3.05) is 5.32 Å². The first kappa shape index (κ1) is 15.3. The third-order valence-electron chi connectivity index (χ3n) is 4.25. The molecule has 23 heavy (non-hydrogen) atoms. The highest BCUT2D eigenvalue weighted by atomic mass is 16.6. The van der Waals surface area contributed by atoms with Crippen LogP contribution in [0.1, 0.15) is 29.2 Å². The molecule has 1 heterocycles. The lowest BCUT2D eigenvalue weighted by Gasteiger charge is -2.18. The average molecular weight is 309 g/mol. The molecule has 1 amide bonds. The number of amides is 1. The van der Waals surface area contributed by atoms with Gasteiger partial charge in [-0.1, -0.05) is 36.4 Å². The fraction of sp³-hybridized carbons (Fsp3) is 0.263. The van der Waals surface area contributed by atoms with Crippen LogP contribution in [0.5, 0.6) is 0 Å². The van der Waals surface area contributed by atoms with E-state index in [-0.39, 0.29) is 18.3 Å². The zero-order valence-corrected chi connectivity index (χ0v) is 13.2. The number of carbonyl (C=O) groups excluding carboxylic acids is 2. The van der Waals surface area contributed by atoms with Crippen LogP contribution in [0.4, 0.5) is 5.69 Å². The molecule has 1 fully saturated rings. The number of esters is 1. The molecule has 0 radical (unpaired) electrons. The second-order valence-corrected chi connectivity index (χ2v) is 5.92. The number of cyclic esters (lactones) is 1. The maximum Gasteiger partial charge on any atom is 0.307 e. The minimum Gasteiger partial charge on any atom is -0.457 e. The Morgan fingerprint density at radius 3 is 2.52 bits per heavy atom. The molecule has 1 saturated heterocycles. The van der Waals surface area contributed by atoms with Crippen LogP contribution in [0.2, 0.25) is 0 Å². The molecule has 0 aromatic heterocycles. The van der Waals surface area contributed by atoms with Crippen LogP contribution in [-0.4, -0.2) is 11.9 Å². The fourth-order valence-electron chi connectivity index (χ4n) is 2.79. The quantitative estimate of drug-likeness (QED) is 0.882. The summed E-state index contributed by atoms with van der Waals surface area (Å²) < 4.78 is 5.36. The van der Waals surface area contributed by atoms with Crippen LogP contribution in [0.15, 0.2) is 48.5 Å². The summed E-state index contributed by atoms with van der Waals surface area (Å²) >= 11 is 0. The van der Waals surface area contributed by atoms with E-state index in [0.717, 1.165) is 16.8 Å². The maximum absolute atomic E-state index is 12.6. The Labute approximate surface area is 135 Å². The predicted octanol–water partition coefficient (Wildman–Crippen LogP) is 3.55. The third-order valence-corrected chi connectivity index (χ3v) is 4.25. The molecule has 2 atom stereocenters. The van der Waals surface area contributed by atoms with Crippen LogP contribution >= 0.6 is 0 Å². The third kappa shape index (κ3) is 3.26. The molecule has 0 unspecified atom stereocenters. The van der Waals surface area contributed by atoms with Crippen LogP contribution in [-0.2, 0) is 14.3 Å². The van der Waals surface area contributed by atoms with Crippen molar-refractivity contribution < 1.29 is 14.3 Å². The van der Waals surface area contributed by atoms with Gasteiger partial charge in [0.25, 0.3) is 0 Å². The summed E-state index contributed by atoms with van der Waals surface area (Å²) in [7, 11) is 0. The first-order valence-corrected chi connectivity index (χ1v) is 7.67. The minimum absolute atomic E-state index is 0.107. The van der Waals surface area contributed by atoms with Crippen molar-refractivity contribution >= 4 is 17.6 Å². The second kappa shape index (κ2) is 6.24. The van der Waals surface area contributed by atoms with Gasteiger partial charge in [-0.3, -0.25) is 9.59 Å². The molecule has 4 nitrogen and oxygen atoms in total. The molecule has 2 aromatic rings. The topological polar surface area (TPSA) is 55.4 Å². The van der Waals surface area contributed by atoms with Crippen LogP contribution in [0.3, 0.4) is 0 Å². The molecule has 0 spiro atoms. The molecular weight excluding hydrogens is 290 g/mol. The SMILES string of the molecule is Cc1ccc(NC(=O)[C@@H]2CC(=O)O[C@@H]2c2ccccc2)cc1C. The monoisotopic (exact) mass is 309 g/mol. The summed E-state index contributed by atoms with van der Waals surface area (Å²) in [6.45, 7) is 4.02. The van der Waals surface area contributed by atoms with Gasteiger partial charge in [0.15, 0.2) is 0 Å². The highest BCUT2D eigenvalue weighted by Crippen LogP contribution is 2.36. The molecule has 2 aromatic carbocycles. The molecule has 1 aliphatic heterocycles. The van der Waals surface area contributed by atoms with Crippen molar-refractivity contribution in [3.63, 3.8) is 0 Å². The number of ether oxygens (including phenoxy) is 1. The van der Waals surface area contributed by atoms with Crippen molar-refractivity contribution in [1.29, 1.82) is 0 Å². The molecule has 0 saturated carbocycles. The van der Waals surface area contributed by atoms with Crippen LogP contribution in [0, 0.1) is 19.8 Å². The molecule has 118 valence electrons. The van der Waals surface area contributed by atoms with Gasteiger partial charge in [-0.05, 0) is 42.7 Å². The lowest BCUT2D eigenvalue weighted by atomic mass is 9.94. The molecule has 1 N–H and O–H groups in total. The predicted molar refractivity (Wildman–Crippen MR) is 87.9 cm³/mol. The van der Waals surface area contributed by atoms with E-state index in [0.29, 0.717) is 0 Å². The molecule has 0 bridgehead atoms. The summed E-state index contributed by atoms with van der Waals surface area (Å²) in [6.07, 6.45) is -0.411. The number of nitrogens with one attached hydrogen (secondary N) is 1. The number of benzene rings is 2. The number of anilines is 1. The summed E-state index contributed by atoms with van der Waals surface area (Å²) in [6, 6.07) is 15.2. The van der Waals surface area contributed by atoms with Crippen LogP contribution < -0.4 is 5.32 Å². The normalized spacial score (nSPS) is 20.2. The number of carbonyl (C=O) groups is 2. The smallest absolute Gasteiger partial charge is 0.307 e. The van der Waals surface area contributed by atoms with Gasteiger partial charge in [0.05, 0.1) is 12.3 Å². The van der Waals surface area contributed by atoms with E-state index in [1.807, 2.05) is 62.4 Å². The zero-order valence-electron chi connectivity index (χ0n) is 13.2. The van der Waals surface area contributed by atoms with Gasteiger partial charge < -0.3 is 10.1 Å². The first-order valence-electron chi connectivity index (χ1n) is 7.67. The Kier molecular flexibility index (Phi) is 4.15. The molecule has 4 heteroatoms. The lowest BCUT2D eigenvalue weighted by Crippen LogP contribution is -2.25. The average Bonchev–Trinajstić information content (AvgIpc) is 2.94. The van der Waals surface area contributed by atoms with E-state index >= 15 is 0 Å². The zero-order chi connectivity index (χ0) is 16.4. The van der Waals surface area contributed by atoms with Gasteiger partial charge >= 0.3 is 5.97 Å².